The van der Waals surface area contributed by atoms with Gasteiger partial charge in [-0.15, -0.1) is 0 Å². The summed E-state index contributed by atoms with van der Waals surface area (Å²) >= 11 is 0. The molecule has 1 aromatic rings. The molecular weight excluding hydrogens is 220 g/mol. The summed E-state index contributed by atoms with van der Waals surface area (Å²) < 4.78 is 0. The normalized spacial score (nSPS) is 12.3. The molecule has 1 N–H and O–H groups in total. The van der Waals surface area contributed by atoms with E-state index in [9.17, 15) is 0 Å². The molecule has 0 aromatic heterocycles. The third-order valence-electron chi connectivity index (χ3n) is 3.22. The van der Waals surface area contributed by atoms with E-state index in [2.05, 4.69) is 57.3 Å². The zero-order valence-corrected chi connectivity index (χ0v) is 12.4. The molecule has 0 atom stereocenters. The maximum atomic E-state index is 9.01. The molecule has 0 bridgehead atoms. The molecule has 1 aromatic carbocycles. The predicted octanol–water partition coefficient (Wildman–Crippen LogP) is 3.68. The highest BCUT2D eigenvalue weighted by atomic mass is 14.9. The Morgan fingerprint density at radius 3 is 2.28 bits per heavy atom. The van der Waals surface area contributed by atoms with Crippen LogP contribution < -0.4 is 5.32 Å². The summed E-state index contributed by atoms with van der Waals surface area (Å²) in [4.78, 5) is 0. The highest BCUT2D eigenvalue weighted by Gasteiger charge is 2.17. The van der Waals surface area contributed by atoms with Crippen LogP contribution >= 0.6 is 0 Å². The van der Waals surface area contributed by atoms with Crippen LogP contribution in [0.4, 0.5) is 0 Å². The van der Waals surface area contributed by atoms with Gasteiger partial charge in [-0.3, -0.25) is 5.32 Å². The highest BCUT2D eigenvalue weighted by molar-refractivity contribution is 5.34. The van der Waals surface area contributed by atoms with Crippen LogP contribution in [-0.2, 0) is 12.0 Å². The van der Waals surface area contributed by atoms with E-state index in [4.69, 9.17) is 5.26 Å². The lowest BCUT2D eigenvalue weighted by Crippen LogP contribution is -2.37. The van der Waals surface area contributed by atoms with Crippen molar-refractivity contribution < 1.29 is 0 Å². The first kappa shape index (κ1) is 14.7. The largest absolute Gasteiger partial charge is 0.296 e. The van der Waals surface area contributed by atoms with E-state index in [1.807, 2.05) is 13.8 Å². The summed E-state index contributed by atoms with van der Waals surface area (Å²) in [6.07, 6.45) is 0. The van der Waals surface area contributed by atoms with Crippen LogP contribution in [0.2, 0.25) is 0 Å². The third-order valence-corrected chi connectivity index (χ3v) is 3.22. The first-order chi connectivity index (χ1) is 8.15. The van der Waals surface area contributed by atoms with Crippen LogP contribution in [0, 0.1) is 18.3 Å². The number of aryl methyl sites for hydroxylation is 1. The van der Waals surface area contributed by atoms with Crippen molar-refractivity contribution in [1.29, 1.82) is 5.26 Å². The zero-order chi connectivity index (χ0) is 14.0. The second kappa shape index (κ2) is 5.12. The Morgan fingerprint density at radius 1 is 1.17 bits per heavy atom. The maximum Gasteiger partial charge on any atom is 0.101 e. The average molecular weight is 244 g/mol. The SMILES string of the molecule is Cc1ccc(C(C)(C)C)cc1CNC(C)(C)C#N. The van der Waals surface area contributed by atoms with E-state index < -0.39 is 5.54 Å². The molecule has 0 unspecified atom stereocenters. The Bertz CT molecular complexity index is 459. The van der Waals surface area contributed by atoms with Gasteiger partial charge < -0.3 is 0 Å². The summed E-state index contributed by atoms with van der Waals surface area (Å²) in [5, 5.41) is 12.3. The standard InChI is InChI=1S/C16H24N2/c1-12-7-8-14(15(2,3)4)9-13(12)10-18-16(5,6)11-17/h7-9,18H,10H2,1-6H3. The van der Waals surface area contributed by atoms with E-state index in [-0.39, 0.29) is 5.41 Å². The van der Waals surface area contributed by atoms with E-state index >= 15 is 0 Å². The molecule has 0 saturated heterocycles. The van der Waals surface area contributed by atoms with Crippen molar-refractivity contribution in [2.75, 3.05) is 0 Å². The Labute approximate surface area is 111 Å². The molecule has 2 heteroatoms. The average Bonchev–Trinajstić information content (AvgIpc) is 2.26. The molecule has 18 heavy (non-hydrogen) atoms. The lowest BCUT2D eigenvalue weighted by Gasteiger charge is -2.22. The van der Waals surface area contributed by atoms with Gasteiger partial charge in [-0.1, -0.05) is 39.0 Å². The summed E-state index contributed by atoms with van der Waals surface area (Å²) in [6.45, 7) is 13.3. The first-order valence-corrected chi connectivity index (χ1v) is 6.42. The first-order valence-electron chi connectivity index (χ1n) is 6.42. The lowest BCUT2D eigenvalue weighted by molar-refractivity contribution is 0.483. The minimum absolute atomic E-state index is 0.160. The van der Waals surface area contributed by atoms with Crippen molar-refractivity contribution in [3.63, 3.8) is 0 Å². The molecule has 0 aliphatic heterocycles. The van der Waals surface area contributed by atoms with Crippen molar-refractivity contribution in [1.82, 2.24) is 5.32 Å². The highest BCUT2D eigenvalue weighted by Crippen LogP contribution is 2.24. The van der Waals surface area contributed by atoms with Crippen LogP contribution in [0.5, 0.6) is 0 Å². The smallest absolute Gasteiger partial charge is 0.101 e. The molecule has 98 valence electrons. The van der Waals surface area contributed by atoms with E-state index in [1.54, 1.807) is 0 Å². The number of benzene rings is 1. The molecule has 0 fully saturated rings. The fourth-order valence-electron chi connectivity index (χ4n) is 1.68. The molecule has 1 rings (SSSR count). The minimum Gasteiger partial charge on any atom is -0.296 e. The number of nitrogens with one attached hydrogen (secondary N) is 1. The fourth-order valence-corrected chi connectivity index (χ4v) is 1.68. The number of nitriles is 1. The quantitative estimate of drug-likeness (QED) is 0.880. The van der Waals surface area contributed by atoms with Gasteiger partial charge in [-0.05, 0) is 42.9 Å². The number of nitrogens with zero attached hydrogens (tertiary/aromatic N) is 1. The Balaban J connectivity index is 2.93. The molecule has 0 radical (unpaired) electrons. The van der Waals surface area contributed by atoms with Crippen LogP contribution in [-0.4, -0.2) is 5.54 Å². The van der Waals surface area contributed by atoms with Crippen molar-refractivity contribution in [3.05, 3.63) is 34.9 Å². The second-order valence-corrected chi connectivity index (χ2v) is 6.48. The molecule has 0 saturated carbocycles. The minimum atomic E-state index is -0.482. The fraction of sp³-hybridized carbons (Fsp3) is 0.562. The summed E-state index contributed by atoms with van der Waals surface area (Å²) in [7, 11) is 0. The lowest BCUT2D eigenvalue weighted by atomic mass is 9.85. The maximum absolute atomic E-state index is 9.01. The van der Waals surface area contributed by atoms with Crippen molar-refractivity contribution >= 4 is 0 Å². The van der Waals surface area contributed by atoms with Gasteiger partial charge in [0, 0.05) is 6.54 Å². The second-order valence-electron chi connectivity index (χ2n) is 6.48. The molecule has 0 amide bonds. The molecule has 0 aliphatic rings. The molecule has 0 heterocycles. The van der Waals surface area contributed by atoms with Gasteiger partial charge in [0.1, 0.15) is 5.54 Å². The van der Waals surface area contributed by atoms with Gasteiger partial charge in [-0.25, -0.2) is 0 Å². The predicted molar refractivity (Wildman–Crippen MR) is 76.4 cm³/mol. The van der Waals surface area contributed by atoms with E-state index in [0.29, 0.717) is 0 Å². The zero-order valence-electron chi connectivity index (χ0n) is 12.4. The van der Waals surface area contributed by atoms with Gasteiger partial charge in [0.15, 0.2) is 0 Å². The van der Waals surface area contributed by atoms with Crippen LogP contribution in [0.25, 0.3) is 0 Å². The van der Waals surface area contributed by atoms with Gasteiger partial charge in [-0.2, -0.15) is 5.26 Å². The molecular formula is C16H24N2. The summed E-state index contributed by atoms with van der Waals surface area (Å²) in [6, 6.07) is 8.86. The summed E-state index contributed by atoms with van der Waals surface area (Å²) in [5.41, 5.74) is 3.55. The number of hydrogen-bond donors (Lipinski definition) is 1. The van der Waals surface area contributed by atoms with Crippen molar-refractivity contribution in [3.8, 4) is 6.07 Å². The van der Waals surface area contributed by atoms with E-state index in [1.165, 1.54) is 16.7 Å². The molecule has 0 aliphatic carbocycles. The van der Waals surface area contributed by atoms with Crippen LogP contribution in [0.3, 0.4) is 0 Å². The van der Waals surface area contributed by atoms with Crippen molar-refractivity contribution in [2.45, 2.75) is 59.0 Å². The van der Waals surface area contributed by atoms with Crippen LogP contribution in [0.1, 0.15) is 51.3 Å². The number of hydrogen-bond acceptors (Lipinski definition) is 2. The van der Waals surface area contributed by atoms with Gasteiger partial charge in [0.2, 0.25) is 0 Å². The Morgan fingerprint density at radius 2 is 1.78 bits per heavy atom. The summed E-state index contributed by atoms with van der Waals surface area (Å²) in [5.74, 6) is 0. The number of rotatable bonds is 3. The molecule has 0 spiro atoms. The van der Waals surface area contributed by atoms with Crippen LogP contribution in [0.15, 0.2) is 18.2 Å². The van der Waals surface area contributed by atoms with E-state index in [0.717, 1.165) is 6.54 Å². The van der Waals surface area contributed by atoms with Gasteiger partial charge in [0.05, 0.1) is 6.07 Å². The monoisotopic (exact) mass is 244 g/mol. The van der Waals surface area contributed by atoms with Gasteiger partial charge >= 0.3 is 0 Å². The molecule has 2 nitrogen and oxygen atoms in total. The van der Waals surface area contributed by atoms with Crippen molar-refractivity contribution in [2.24, 2.45) is 0 Å². The van der Waals surface area contributed by atoms with Gasteiger partial charge in [0.25, 0.3) is 0 Å². The Kier molecular flexibility index (Phi) is 4.19. The Hall–Kier alpha value is -1.33. The third kappa shape index (κ3) is 3.85. The topological polar surface area (TPSA) is 35.8 Å².